The van der Waals surface area contributed by atoms with Gasteiger partial charge in [-0.25, -0.2) is 9.97 Å². The Kier molecular flexibility index (Phi) is 6.14. The molecule has 9 heteroatoms. The third kappa shape index (κ3) is 4.33. The van der Waals surface area contributed by atoms with Gasteiger partial charge in [0.2, 0.25) is 0 Å². The van der Waals surface area contributed by atoms with Crippen LogP contribution in [0.2, 0.25) is 5.02 Å². The summed E-state index contributed by atoms with van der Waals surface area (Å²) in [6.45, 7) is 4.69. The number of rotatable bonds is 4. The molecule has 5 rings (SSSR count). The number of halogens is 1. The molecule has 34 heavy (non-hydrogen) atoms. The molecule has 0 atom stereocenters. The van der Waals surface area contributed by atoms with Gasteiger partial charge in [0, 0.05) is 39.5 Å². The normalized spacial score (nSPS) is 18.4. The monoisotopic (exact) mass is 477 g/mol. The van der Waals surface area contributed by atoms with Crippen LogP contribution in [0.3, 0.4) is 0 Å². The van der Waals surface area contributed by atoms with Crippen LogP contribution in [0, 0.1) is 13.8 Å². The van der Waals surface area contributed by atoms with E-state index in [2.05, 4.69) is 15.0 Å². The maximum Gasteiger partial charge on any atom is 0.260 e. The molecule has 1 aliphatic rings. The third-order valence-corrected chi connectivity index (χ3v) is 6.13. The summed E-state index contributed by atoms with van der Waals surface area (Å²) in [5.74, 6) is 0.564. The molecule has 0 unspecified atom stereocenters. The van der Waals surface area contributed by atoms with Gasteiger partial charge in [-0.2, -0.15) is 0 Å². The smallest absolute Gasteiger partial charge is 0.260 e. The molecular formula is C25H24ClN5O3. The Morgan fingerprint density at radius 2 is 1.91 bits per heavy atom. The number of aromatic nitrogens is 4. The molecular weight excluding hydrogens is 454 g/mol. The molecule has 0 aliphatic carbocycles. The molecule has 1 fully saturated rings. The second-order valence-corrected chi connectivity index (χ2v) is 8.80. The highest BCUT2D eigenvalue weighted by Crippen LogP contribution is 2.32. The van der Waals surface area contributed by atoms with Crippen molar-refractivity contribution in [2.75, 3.05) is 13.2 Å². The van der Waals surface area contributed by atoms with Crippen LogP contribution in [0.1, 0.15) is 11.4 Å². The zero-order chi connectivity index (χ0) is 23.8. The van der Waals surface area contributed by atoms with Crippen molar-refractivity contribution in [3.63, 3.8) is 0 Å². The van der Waals surface area contributed by atoms with Crippen LogP contribution in [0.5, 0.6) is 0 Å². The summed E-state index contributed by atoms with van der Waals surface area (Å²) in [7, 11) is 0. The van der Waals surface area contributed by atoms with Crippen LogP contribution in [-0.2, 0) is 16.0 Å². The fraction of sp³-hybridized carbons (Fsp3) is 0.280. The summed E-state index contributed by atoms with van der Waals surface area (Å²) in [5.41, 5.74) is 9.96. The van der Waals surface area contributed by atoms with E-state index in [1.54, 1.807) is 30.0 Å². The molecule has 3 aromatic heterocycles. The molecule has 0 radical (unpaired) electrons. The molecule has 1 aliphatic heterocycles. The highest BCUT2D eigenvalue weighted by atomic mass is 35.5. The number of benzene rings is 1. The lowest BCUT2D eigenvalue weighted by Gasteiger charge is -2.28. The number of nitrogens with zero attached hydrogens (tertiary/aromatic N) is 4. The van der Waals surface area contributed by atoms with E-state index in [0.717, 1.165) is 16.8 Å². The molecule has 1 saturated heterocycles. The van der Waals surface area contributed by atoms with Gasteiger partial charge in [-0.3, -0.25) is 14.3 Å². The Morgan fingerprint density at radius 3 is 2.65 bits per heavy atom. The minimum Gasteiger partial charge on any atom is -0.349 e. The van der Waals surface area contributed by atoms with Crippen molar-refractivity contribution in [2.45, 2.75) is 32.7 Å². The van der Waals surface area contributed by atoms with E-state index in [1.807, 2.05) is 37.3 Å². The number of hydrogen-bond acceptors (Lipinski definition) is 7. The number of aryl methyl sites for hydroxylation is 2. The van der Waals surface area contributed by atoms with E-state index in [0.29, 0.717) is 46.2 Å². The van der Waals surface area contributed by atoms with Gasteiger partial charge in [0.05, 0.1) is 31.5 Å². The lowest BCUT2D eigenvalue weighted by molar-refractivity contribution is -0.191. The van der Waals surface area contributed by atoms with Crippen molar-refractivity contribution in [3.05, 3.63) is 75.6 Å². The van der Waals surface area contributed by atoms with Crippen LogP contribution in [0.25, 0.3) is 33.4 Å². The summed E-state index contributed by atoms with van der Waals surface area (Å²) in [5, 5.41) is 1.17. The second kappa shape index (κ2) is 9.23. The quantitative estimate of drug-likeness (QED) is 0.479. The van der Waals surface area contributed by atoms with Gasteiger partial charge in [0.1, 0.15) is 11.5 Å². The lowest BCUT2D eigenvalue weighted by atomic mass is 10.0. The van der Waals surface area contributed by atoms with Gasteiger partial charge >= 0.3 is 0 Å². The Labute approximate surface area is 201 Å². The van der Waals surface area contributed by atoms with Gasteiger partial charge in [0.25, 0.3) is 5.56 Å². The van der Waals surface area contributed by atoms with E-state index in [1.165, 1.54) is 0 Å². The van der Waals surface area contributed by atoms with Crippen LogP contribution in [0.4, 0.5) is 0 Å². The average molecular weight is 478 g/mol. The van der Waals surface area contributed by atoms with Gasteiger partial charge in [-0.05, 0) is 37.6 Å². The second-order valence-electron chi connectivity index (χ2n) is 8.39. The molecule has 0 bridgehead atoms. The summed E-state index contributed by atoms with van der Waals surface area (Å²) in [6, 6.07) is 11.1. The molecule has 0 saturated carbocycles. The van der Waals surface area contributed by atoms with E-state index in [-0.39, 0.29) is 18.1 Å². The Hall–Kier alpha value is -3.17. The van der Waals surface area contributed by atoms with Crippen molar-refractivity contribution in [2.24, 2.45) is 5.73 Å². The van der Waals surface area contributed by atoms with E-state index in [4.69, 9.17) is 26.8 Å². The standard InChI is InChI=1S/C25H24ClN5O3/c1-14-4-3-7-28-23(14)16-5-6-19(21(26)9-16)20-8-17-10-29-15(2)30-24(17)31(25(20)32)11-22-33-12-18(27)13-34-22/h3-10,18,22H,11-13,27H2,1-2H3/t18-,22-. The van der Waals surface area contributed by atoms with Crippen molar-refractivity contribution < 1.29 is 9.47 Å². The molecule has 0 amide bonds. The van der Waals surface area contributed by atoms with Gasteiger partial charge in [0.15, 0.2) is 6.29 Å². The van der Waals surface area contributed by atoms with E-state index >= 15 is 0 Å². The lowest BCUT2D eigenvalue weighted by Crippen LogP contribution is -2.43. The predicted molar refractivity (Wildman–Crippen MR) is 131 cm³/mol. The van der Waals surface area contributed by atoms with E-state index in [9.17, 15) is 4.79 Å². The fourth-order valence-electron chi connectivity index (χ4n) is 4.09. The fourth-order valence-corrected chi connectivity index (χ4v) is 4.37. The van der Waals surface area contributed by atoms with Crippen LogP contribution < -0.4 is 11.3 Å². The molecule has 2 N–H and O–H groups in total. The molecule has 4 heterocycles. The van der Waals surface area contributed by atoms with Crippen molar-refractivity contribution in [1.29, 1.82) is 0 Å². The first kappa shape index (κ1) is 22.6. The first-order valence-corrected chi connectivity index (χ1v) is 11.4. The van der Waals surface area contributed by atoms with Crippen LogP contribution >= 0.6 is 11.6 Å². The molecule has 0 spiro atoms. The first-order chi connectivity index (χ1) is 16.4. The number of fused-ring (bicyclic) bond motifs is 1. The number of ether oxygens (including phenoxy) is 2. The summed E-state index contributed by atoms with van der Waals surface area (Å²) in [4.78, 5) is 27.0. The highest BCUT2D eigenvalue weighted by Gasteiger charge is 2.23. The van der Waals surface area contributed by atoms with Crippen molar-refractivity contribution >= 4 is 22.6 Å². The summed E-state index contributed by atoms with van der Waals surface area (Å²) in [6.07, 6.45) is 2.85. The topological polar surface area (TPSA) is 105 Å². The zero-order valence-corrected chi connectivity index (χ0v) is 19.6. The SMILES string of the molecule is Cc1ncc2cc(-c3ccc(-c4ncccc4C)cc3Cl)c(=O)n(C[C@H]3OC[C@H](N)CO3)c2n1. The van der Waals surface area contributed by atoms with Gasteiger partial charge in [-0.1, -0.05) is 29.8 Å². The van der Waals surface area contributed by atoms with Gasteiger partial charge < -0.3 is 15.2 Å². The van der Waals surface area contributed by atoms with Crippen LogP contribution in [-0.4, -0.2) is 45.1 Å². The number of nitrogens with two attached hydrogens (primary N) is 1. The average Bonchev–Trinajstić information content (AvgIpc) is 2.83. The molecule has 8 nitrogen and oxygen atoms in total. The molecule has 4 aromatic rings. The minimum atomic E-state index is -0.601. The highest BCUT2D eigenvalue weighted by molar-refractivity contribution is 6.33. The molecule has 1 aromatic carbocycles. The maximum absolute atomic E-state index is 13.7. The first-order valence-electron chi connectivity index (χ1n) is 11.0. The van der Waals surface area contributed by atoms with Crippen molar-refractivity contribution in [3.8, 4) is 22.4 Å². The molecule has 174 valence electrons. The largest absolute Gasteiger partial charge is 0.349 e. The third-order valence-electron chi connectivity index (χ3n) is 5.81. The minimum absolute atomic E-state index is 0.176. The number of hydrogen-bond donors (Lipinski definition) is 1. The maximum atomic E-state index is 13.7. The summed E-state index contributed by atoms with van der Waals surface area (Å²) < 4.78 is 12.9. The Bertz CT molecular complexity index is 1430. The Balaban J connectivity index is 1.61. The van der Waals surface area contributed by atoms with Gasteiger partial charge in [-0.15, -0.1) is 0 Å². The summed E-state index contributed by atoms with van der Waals surface area (Å²) >= 11 is 6.70. The van der Waals surface area contributed by atoms with E-state index < -0.39 is 6.29 Å². The zero-order valence-electron chi connectivity index (χ0n) is 18.9. The van der Waals surface area contributed by atoms with Crippen molar-refractivity contribution in [1.82, 2.24) is 19.5 Å². The Morgan fingerprint density at radius 1 is 1.12 bits per heavy atom. The van der Waals surface area contributed by atoms with Crippen LogP contribution in [0.15, 0.2) is 53.6 Å². The predicted octanol–water partition coefficient (Wildman–Crippen LogP) is 3.49. The number of pyridine rings is 2.